The molecule has 6 rings (SSSR count). The zero-order valence-electron chi connectivity index (χ0n) is 25.2. The summed E-state index contributed by atoms with van der Waals surface area (Å²) < 4.78 is 52.8. The van der Waals surface area contributed by atoms with Crippen molar-refractivity contribution in [2.45, 2.75) is 63.2 Å². The molecule has 3 N–H and O–H groups in total. The summed E-state index contributed by atoms with van der Waals surface area (Å²) in [6.07, 6.45) is 0.533. The molecule has 1 aliphatic carbocycles. The van der Waals surface area contributed by atoms with Crippen molar-refractivity contribution in [1.29, 1.82) is 4.78 Å². The van der Waals surface area contributed by atoms with Gasteiger partial charge < -0.3 is 10.6 Å². The van der Waals surface area contributed by atoms with Crippen LogP contribution in [0.2, 0.25) is 0 Å². The average Bonchev–Trinajstić information content (AvgIpc) is 3.37. The molecule has 232 valence electrons. The van der Waals surface area contributed by atoms with E-state index >= 15 is 0 Å². The Morgan fingerprint density at radius 3 is 2.59 bits per heavy atom. The largest absolute Gasteiger partial charge is 0.413 e. The number of aryl methyl sites for hydroxylation is 1. The molecule has 1 unspecified atom stereocenters. The number of thiazole rings is 1. The molecule has 13 heteroatoms. The summed E-state index contributed by atoms with van der Waals surface area (Å²) >= 11 is 1.46. The summed E-state index contributed by atoms with van der Waals surface area (Å²) in [6, 6.07) is 8.93. The molecule has 0 radical (unpaired) electrons. The van der Waals surface area contributed by atoms with Gasteiger partial charge >= 0.3 is 6.18 Å². The Kier molecular flexibility index (Phi) is 7.19. The Morgan fingerprint density at radius 1 is 1.18 bits per heavy atom. The molecule has 0 bridgehead atoms. The van der Waals surface area contributed by atoms with E-state index < -0.39 is 27.2 Å². The van der Waals surface area contributed by atoms with Crippen LogP contribution in [-0.2, 0) is 15.0 Å². The standard InChI is InChI=1S/C31H35F3N8S2/c1-18-14-36-27-21(25(18)37-16-29(2,3)4)12-19(13-24(27)44(5,6)35)39-26(20-8-7-9-22-28(20)43-17-38-22)23-15-42(41-40-23)30(10-11-30)31(32,33)34/h7-9,12-15,17,26,35,39H,5,10-11,16H2,1-4,6H3,(H,36,37)/t26-,44?/m0/s1. The maximum atomic E-state index is 14.0. The lowest BCUT2D eigenvalue weighted by atomic mass is 9.96. The van der Waals surface area contributed by atoms with Gasteiger partial charge in [0.25, 0.3) is 0 Å². The van der Waals surface area contributed by atoms with Crippen LogP contribution in [0.5, 0.6) is 0 Å². The van der Waals surface area contributed by atoms with Gasteiger partial charge in [-0.2, -0.15) is 13.2 Å². The summed E-state index contributed by atoms with van der Waals surface area (Å²) in [7, 11) is -2.23. The lowest BCUT2D eigenvalue weighted by Gasteiger charge is -2.24. The van der Waals surface area contributed by atoms with E-state index in [1.54, 1.807) is 11.8 Å². The predicted octanol–water partition coefficient (Wildman–Crippen LogP) is 7.79. The van der Waals surface area contributed by atoms with Crippen molar-refractivity contribution in [2.75, 3.05) is 23.4 Å². The van der Waals surface area contributed by atoms with Crippen LogP contribution in [0.4, 0.5) is 24.5 Å². The fourth-order valence-electron chi connectivity index (χ4n) is 5.38. The van der Waals surface area contributed by atoms with Crippen LogP contribution in [0, 0.1) is 17.1 Å². The highest BCUT2D eigenvalue weighted by Gasteiger charge is 2.66. The van der Waals surface area contributed by atoms with Crippen molar-refractivity contribution in [3.05, 3.63) is 65.1 Å². The summed E-state index contributed by atoms with van der Waals surface area (Å²) in [5.74, 6) is 4.18. The van der Waals surface area contributed by atoms with E-state index in [-0.39, 0.29) is 18.3 Å². The van der Waals surface area contributed by atoms with Crippen molar-refractivity contribution in [3.63, 3.8) is 0 Å². The molecule has 0 amide bonds. The average molecular weight is 641 g/mol. The van der Waals surface area contributed by atoms with Gasteiger partial charge in [0.1, 0.15) is 5.69 Å². The molecule has 0 aliphatic heterocycles. The molecule has 1 aliphatic rings. The molecule has 8 nitrogen and oxygen atoms in total. The Labute approximate surface area is 258 Å². The predicted molar refractivity (Wildman–Crippen MR) is 174 cm³/mol. The Morgan fingerprint density at radius 2 is 1.93 bits per heavy atom. The third kappa shape index (κ3) is 5.51. The maximum Gasteiger partial charge on any atom is 0.413 e. The molecule has 3 heterocycles. The zero-order chi connectivity index (χ0) is 31.7. The van der Waals surface area contributed by atoms with Gasteiger partial charge in [-0.25, -0.2) is 9.67 Å². The lowest BCUT2D eigenvalue weighted by Crippen LogP contribution is -2.35. The number of rotatable bonds is 8. The normalized spacial score (nSPS) is 17.0. The molecule has 1 fully saturated rings. The molecular weight excluding hydrogens is 606 g/mol. The monoisotopic (exact) mass is 640 g/mol. The summed E-state index contributed by atoms with van der Waals surface area (Å²) in [4.78, 5) is 9.89. The first-order valence-corrected chi connectivity index (χ1v) is 17.3. The number of benzene rings is 2. The number of nitrogens with one attached hydrogen (secondary N) is 3. The topological polar surface area (TPSA) is 104 Å². The van der Waals surface area contributed by atoms with Gasteiger partial charge in [0, 0.05) is 34.4 Å². The molecule has 2 atom stereocenters. The van der Waals surface area contributed by atoms with Crippen molar-refractivity contribution >= 4 is 59.1 Å². The van der Waals surface area contributed by atoms with E-state index in [2.05, 4.69) is 52.6 Å². The number of aromatic nitrogens is 5. The second kappa shape index (κ2) is 10.4. The van der Waals surface area contributed by atoms with Gasteiger partial charge in [0.05, 0.1) is 33.5 Å². The molecule has 0 saturated heterocycles. The van der Waals surface area contributed by atoms with Crippen LogP contribution in [-0.4, -0.2) is 49.8 Å². The SMILES string of the molecule is C=S(C)(=N)c1cc(N[C@H](c2cn(C3(C(F)(F)F)CC3)nn2)c2cccc3ncsc23)cc2c(NCC(C)(C)C)c(C)cnc12. The number of anilines is 2. The quantitative estimate of drug-likeness (QED) is 0.150. The second-order valence-corrected chi connectivity index (χ2v) is 16.4. The number of nitrogens with zero attached hydrogens (tertiary/aromatic N) is 5. The first-order valence-electron chi connectivity index (χ1n) is 14.2. The third-order valence-electron chi connectivity index (χ3n) is 7.91. The minimum Gasteiger partial charge on any atom is -0.384 e. The first kappa shape index (κ1) is 30.3. The molecule has 3 aromatic heterocycles. The molecule has 5 aromatic rings. The smallest absolute Gasteiger partial charge is 0.384 e. The minimum atomic E-state index is -4.43. The molecular formula is C31H35F3N8S2. The van der Waals surface area contributed by atoms with E-state index in [1.807, 2.05) is 43.5 Å². The van der Waals surface area contributed by atoms with Crippen molar-refractivity contribution in [1.82, 2.24) is 25.0 Å². The highest BCUT2D eigenvalue weighted by molar-refractivity contribution is 8.00. The number of hydrogen-bond donors (Lipinski definition) is 3. The molecule has 2 aromatic carbocycles. The highest BCUT2D eigenvalue weighted by atomic mass is 32.2. The van der Waals surface area contributed by atoms with Crippen LogP contribution >= 0.6 is 11.3 Å². The van der Waals surface area contributed by atoms with Gasteiger partial charge in [0.2, 0.25) is 0 Å². The van der Waals surface area contributed by atoms with Crippen LogP contribution in [0.3, 0.4) is 0 Å². The van der Waals surface area contributed by atoms with E-state index in [4.69, 9.17) is 9.76 Å². The van der Waals surface area contributed by atoms with Gasteiger partial charge in [-0.1, -0.05) is 44.0 Å². The maximum absolute atomic E-state index is 14.0. The van der Waals surface area contributed by atoms with Gasteiger partial charge in [-0.15, -0.1) is 25.8 Å². The minimum absolute atomic E-state index is 0.0158. The van der Waals surface area contributed by atoms with Crippen molar-refractivity contribution in [2.24, 2.45) is 5.41 Å². The number of hydrogen-bond acceptors (Lipinski definition) is 8. The van der Waals surface area contributed by atoms with E-state index in [0.29, 0.717) is 21.8 Å². The number of alkyl halides is 3. The number of pyridine rings is 1. The summed E-state index contributed by atoms with van der Waals surface area (Å²) in [5.41, 5.74) is 4.97. The Bertz CT molecular complexity index is 1980. The van der Waals surface area contributed by atoms with Crippen molar-refractivity contribution in [3.8, 4) is 0 Å². The second-order valence-electron chi connectivity index (χ2n) is 12.9. The zero-order valence-corrected chi connectivity index (χ0v) is 26.8. The number of fused-ring (bicyclic) bond motifs is 2. The van der Waals surface area contributed by atoms with Crippen molar-refractivity contribution < 1.29 is 13.2 Å². The highest BCUT2D eigenvalue weighted by Crippen LogP contribution is 2.55. The van der Waals surface area contributed by atoms with Crippen LogP contribution in [0.25, 0.3) is 21.1 Å². The van der Waals surface area contributed by atoms with Gasteiger partial charge in [-0.3, -0.25) is 9.76 Å². The van der Waals surface area contributed by atoms with Crippen LogP contribution < -0.4 is 10.6 Å². The Balaban J connectivity index is 1.52. The third-order valence-corrected chi connectivity index (χ3v) is 10.1. The van der Waals surface area contributed by atoms with Crippen LogP contribution in [0.15, 0.2) is 53.1 Å². The van der Waals surface area contributed by atoms with E-state index in [9.17, 15) is 13.2 Å². The van der Waals surface area contributed by atoms with Crippen LogP contribution in [0.1, 0.15) is 56.5 Å². The van der Waals surface area contributed by atoms with Gasteiger partial charge in [-0.05, 0) is 60.8 Å². The molecule has 44 heavy (non-hydrogen) atoms. The fourth-order valence-corrected chi connectivity index (χ4v) is 7.19. The first-order chi connectivity index (χ1) is 20.6. The Hall–Kier alpha value is -3.71. The van der Waals surface area contributed by atoms with E-state index in [1.165, 1.54) is 17.5 Å². The molecule has 0 spiro atoms. The lowest BCUT2D eigenvalue weighted by molar-refractivity contribution is -0.182. The summed E-state index contributed by atoms with van der Waals surface area (Å²) in [5, 5.41) is 16.3. The summed E-state index contributed by atoms with van der Waals surface area (Å²) in [6.45, 7) is 9.17. The molecule has 1 saturated carbocycles. The fraction of sp³-hybridized carbons (Fsp3) is 0.387. The van der Waals surface area contributed by atoms with Gasteiger partial charge in [0.15, 0.2) is 5.54 Å². The number of halogens is 3. The van der Waals surface area contributed by atoms with E-state index in [0.717, 1.165) is 43.6 Å².